The minimum Gasteiger partial charge on any atom is -0.358 e. The Morgan fingerprint density at radius 3 is 2.44 bits per heavy atom. The van der Waals surface area contributed by atoms with Gasteiger partial charge in [-0.3, -0.25) is 4.79 Å². The van der Waals surface area contributed by atoms with E-state index in [2.05, 4.69) is 15.0 Å². The van der Waals surface area contributed by atoms with Gasteiger partial charge in [0.15, 0.2) is 0 Å². The van der Waals surface area contributed by atoms with Crippen molar-refractivity contribution in [2.24, 2.45) is 0 Å². The van der Waals surface area contributed by atoms with Crippen LogP contribution in [0.3, 0.4) is 0 Å². The van der Waals surface area contributed by atoms with Gasteiger partial charge in [0.25, 0.3) is 5.91 Å². The van der Waals surface area contributed by atoms with Crippen LogP contribution >= 0.6 is 0 Å². The minimum absolute atomic E-state index is 0.175. The summed E-state index contributed by atoms with van der Waals surface area (Å²) >= 11 is 0. The second-order valence-corrected chi connectivity index (χ2v) is 8.28. The number of H-pyrrole nitrogens is 1. The predicted octanol–water partition coefficient (Wildman–Crippen LogP) is 3.73. The molecule has 3 rings (SSSR count). The molecule has 1 amide bonds. The molecule has 0 aliphatic rings. The van der Waals surface area contributed by atoms with Gasteiger partial charge in [-0.2, -0.15) is 0 Å². The zero-order chi connectivity index (χ0) is 19.6. The first-order chi connectivity index (χ1) is 12.8. The summed E-state index contributed by atoms with van der Waals surface area (Å²) in [4.78, 5) is 16.0. The molecule has 0 atom stereocenters. The van der Waals surface area contributed by atoms with Crippen molar-refractivity contribution in [1.82, 2.24) is 9.71 Å². The number of aromatic nitrogens is 1. The minimum atomic E-state index is -3.51. The standard InChI is InChI=1S/C20H23N3O3S/c1-4-11-21-27(25,26)17-8-6-16(7-9-17)23-20(24)15-5-10-19-18(12-15)13(2)14(3)22-19/h5-10,12,21-22H,4,11H2,1-3H3,(H,23,24). The molecule has 0 aliphatic carbocycles. The molecule has 0 radical (unpaired) electrons. The van der Waals surface area contributed by atoms with Gasteiger partial charge in [-0.1, -0.05) is 6.92 Å². The first kappa shape index (κ1) is 19.1. The molecule has 6 nitrogen and oxygen atoms in total. The maximum absolute atomic E-state index is 12.5. The lowest BCUT2D eigenvalue weighted by Crippen LogP contribution is -2.24. The predicted molar refractivity (Wildman–Crippen MR) is 108 cm³/mol. The van der Waals surface area contributed by atoms with E-state index in [1.54, 1.807) is 18.2 Å². The number of amides is 1. The summed E-state index contributed by atoms with van der Waals surface area (Å²) in [5.41, 5.74) is 4.28. The molecular formula is C20H23N3O3S. The average Bonchev–Trinajstić information content (AvgIpc) is 2.94. The Balaban J connectivity index is 1.77. The number of sulfonamides is 1. The van der Waals surface area contributed by atoms with Crippen LogP contribution in [0.25, 0.3) is 10.9 Å². The number of hydrogen-bond donors (Lipinski definition) is 3. The molecule has 0 fully saturated rings. The molecule has 0 aliphatic heterocycles. The molecule has 27 heavy (non-hydrogen) atoms. The number of rotatable bonds is 6. The molecule has 0 saturated heterocycles. The van der Waals surface area contributed by atoms with Crippen LogP contribution in [-0.4, -0.2) is 25.9 Å². The highest BCUT2D eigenvalue weighted by atomic mass is 32.2. The van der Waals surface area contributed by atoms with E-state index in [1.165, 1.54) is 12.1 Å². The lowest BCUT2D eigenvalue weighted by Gasteiger charge is -2.08. The fourth-order valence-electron chi connectivity index (χ4n) is 2.84. The number of aryl methyl sites for hydroxylation is 2. The number of hydrogen-bond acceptors (Lipinski definition) is 3. The van der Waals surface area contributed by atoms with Gasteiger partial charge in [-0.05, 0) is 68.3 Å². The maximum atomic E-state index is 12.5. The van der Waals surface area contributed by atoms with Crippen LogP contribution in [0.15, 0.2) is 47.4 Å². The Kier molecular flexibility index (Phi) is 5.34. The molecule has 1 aromatic heterocycles. The molecule has 0 saturated carbocycles. The van der Waals surface area contributed by atoms with E-state index in [-0.39, 0.29) is 10.8 Å². The summed E-state index contributed by atoms with van der Waals surface area (Å²) in [5, 5.41) is 3.82. The SMILES string of the molecule is CCCNS(=O)(=O)c1ccc(NC(=O)c2ccc3[nH]c(C)c(C)c3c2)cc1. The lowest BCUT2D eigenvalue weighted by atomic mass is 10.1. The largest absolute Gasteiger partial charge is 0.358 e. The number of benzene rings is 2. The van der Waals surface area contributed by atoms with Crippen molar-refractivity contribution in [1.29, 1.82) is 0 Å². The molecule has 7 heteroatoms. The van der Waals surface area contributed by atoms with Gasteiger partial charge in [0, 0.05) is 34.4 Å². The molecule has 1 heterocycles. The smallest absolute Gasteiger partial charge is 0.255 e. The normalized spacial score (nSPS) is 11.7. The highest BCUT2D eigenvalue weighted by Crippen LogP contribution is 2.23. The molecular weight excluding hydrogens is 362 g/mol. The highest BCUT2D eigenvalue weighted by molar-refractivity contribution is 7.89. The molecule has 0 bridgehead atoms. The quantitative estimate of drug-likeness (QED) is 0.604. The molecule has 3 N–H and O–H groups in total. The summed E-state index contributed by atoms with van der Waals surface area (Å²) in [6.07, 6.45) is 0.720. The number of carbonyl (C=O) groups excluding carboxylic acids is 1. The van der Waals surface area contributed by atoms with E-state index in [9.17, 15) is 13.2 Å². The number of nitrogens with one attached hydrogen (secondary N) is 3. The van der Waals surface area contributed by atoms with Crippen molar-refractivity contribution in [3.8, 4) is 0 Å². The Hall–Kier alpha value is -2.64. The zero-order valence-electron chi connectivity index (χ0n) is 15.6. The van der Waals surface area contributed by atoms with E-state index in [4.69, 9.17) is 0 Å². The van der Waals surface area contributed by atoms with Gasteiger partial charge >= 0.3 is 0 Å². The van der Waals surface area contributed by atoms with Crippen molar-refractivity contribution in [3.05, 3.63) is 59.3 Å². The number of anilines is 1. The van der Waals surface area contributed by atoms with Gasteiger partial charge in [-0.15, -0.1) is 0 Å². The van der Waals surface area contributed by atoms with E-state index in [1.807, 2.05) is 32.9 Å². The number of aromatic amines is 1. The second kappa shape index (κ2) is 7.54. The monoisotopic (exact) mass is 385 g/mol. The van der Waals surface area contributed by atoms with Crippen LogP contribution in [0.1, 0.15) is 35.0 Å². The fourth-order valence-corrected chi connectivity index (χ4v) is 3.98. The topological polar surface area (TPSA) is 91.1 Å². The summed E-state index contributed by atoms with van der Waals surface area (Å²) in [6, 6.07) is 11.6. The summed E-state index contributed by atoms with van der Waals surface area (Å²) in [6.45, 7) is 6.30. The van der Waals surface area contributed by atoms with Crippen molar-refractivity contribution >= 4 is 32.5 Å². The van der Waals surface area contributed by atoms with Gasteiger partial charge in [0.05, 0.1) is 4.90 Å². The molecule has 2 aromatic carbocycles. The van der Waals surface area contributed by atoms with Crippen LogP contribution in [-0.2, 0) is 10.0 Å². The zero-order valence-corrected chi connectivity index (χ0v) is 16.4. The Morgan fingerprint density at radius 2 is 1.78 bits per heavy atom. The molecule has 3 aromatic rings. The molecule has 0 spiro atoms. The van der Waals surface area contributed by atoms with Crippen LogP contribution in [0.5, 0.6) is 0 Å². The van der Waals surface area contributed by atoms with Gasteiger partial charge in [0.2, 0.25) is 10.0 Å². The Labute approximate surface area is 159 Å². The third kappa shape index (κ3) is 4.04. The number of fused-ring (bicyclic) bond motifs is 1. The Bertz CT molecular complexity index is 1080. The summed E-state index contributed by atoms with van der Waals surface area (Å²) in [5.74, 6) is -0.241. The third-order valence-corrected chi connectivity index (χ3v) is 6.01. The highest BCUT2D eigenvalue weighted by Gasteiger charge is 2.14. The van der Waals surface area contributed by atoms with Crippen LogP contribution in [0, 0.1) is 13.8 Å². The van der Waals surface area contributed by atoms with Crippen molar-refractivity contribution < 1.29 is 13.2 Å². The van der Waals surface area contributed by atoms with Gasteiger partial charge in [0.1, 0.15) is 0 Å². The van der Waals surface area contributed by atoms with Crippen LogP contribution in [0.4, 0.5) is 5.69 Å². The number of carbonyl (C=O) groups is 1. The fraction of sp³-hybridized carbons (Fsp3) is 0.250. The van der Waals surface area contributed by atoms with Crippen LogP contribution in [0.2, 0.25) is 0 Å². The summed E-state index contributed by atoms with van der Waals surface area (Å²) < 4.78 is 26.7. The van der Waals surface area contributed by atoms with Crippen LogP contribution < -0.4 is 10.0 Å². The van der Waals surface area contributed by atoms with Gasteiger partial charge < -0.3 is 10.3 Å². The molecule has 142 valence electrons. The molecule has 0 unspecified atom stereocenters. The van der Waals surface area contributed by atoms with E-state index in [0.717, 1.165) is 28.6 Å². The van der Waals surface area contributed by atoms with E-state index in [0.29, 0.717) is 17.8 Å². The lowest BCUT2D eigenvalue weighted by molar-refractivity contribution is 0.102. The Morgan fingerprint density at radius 1 is 1.07 bits per heavy atom. The van der Waals surface area contributed by atoms with E-state index >= 15 is 0 Å². The first-order valence-corrected chi connectivity index (χ1v) is 10.3. The van der Waals surface area contributed by atoms with Crippen molar-refractivity contribution in [3.63, 3.8) is 0 Å². The van der Waals surface area contributed by atoms with Crippen molar-refractivity contribution in [2.75, 3.05) is 11.9 Å². The van der Waals surface area contributed by atoms with Gasteiger partial charge in [-0.25, -0.2) is 13.1 Å². The maximum Gasteiger partial charge on any atom is 0.255 e. The summed E-state index contributed by atoms with van der Waals surface area (Å²) in [7, 11) is -3.51. The second-order valence-electron chi connectivity index (χ2n) is 6.51. The van der Waals surface area contributed by atoms with Crippen molar-refractivity contribution in [2.45, 2.75) is 32.1 Å². The third-order valence-electron chi connectivity index (χ3n) is 4.54. The first-order valence-electron chi connectivity index (χ1n) is 8.82. The average molecular weight is 385 g/mol. The van der Waals surface area contributed by atoms with E-state index < -0.39 is 10.0 Å².